The largest absolute Gasteiger partial charge is 0.433 e. The highest BCUT2D eigenvalue weighted by atomic mass is 19.4. The Morgan fingerprint density at radius 2 is 1.87 bits per heavy atom. The number of nitrogens with zero attached hydrogens (tertiary/aromatic N) is 5. The molecule has 0 radical (unpaired) electrons. The fourth-order valence-corrected chi connectivity index (χ4v) is 3.63. The zero-order valence-corrected chi connectivity index (χ0v) is 23.5. The first-order valence-corrected chi connectivity index (χ1v) is 13.0. The van der Waals surface area contributed by atoms with Gasteiger partial charge < -0.3 is 26.1 Å². The predicted molar refractivity (Wildman–Crippen MR) is 143 cm³/mol. The van der Waals surface area contributed by atoms with Gasteiger partial charge in [-0.05, 0) is 30.3 Å². The van der Waals surface area contributed by atoms with Crippen LogP contribution in [0, 0.1) is 5.82 Å². The maximum Gasteiger partial charge on any atom is 0.433 e. The Balaban J connectivity index is 1.44. The average Bonchev–Trinajstić information content (AvgIpc) is 3.43. The first-order chi connectivity index (χ1) is 21.0. The van der Waals surface area contributed by atoms with E-state index in [0.29, 0.717) is 6.92 Å². The SMILES string of the molecule is CC(F)(F)Oc1ccc(F)c(CNC(=O)/C(N)=C/N(N)CC(F)CCn2cc(C(=O)NCc3cccc(C(F)(F)F)n3)nn2)c1. The molecule has 1 aromatic carbocycles. The summed E-state index contributed by atoms with van der Waals surface area (Å²) in [5, 5.41) is 12.8. The van der Waals surface area contributed by atoms with Crippen molar-refractivity contribution < 1.29 is 45.1 Å². The van der Waals surface area contributed by atoms with Gasteiger partial charge in [0, 0.05) is 38.2 Å². The van der Waals surface area contributed by atoms with Crippen molar-refractivity contribution in [2.45, 2.75) is 51.4 Å². The van der Waals surface area contributed by atoms with Gasteiger partial charge in [-0.2, -0.15) is 22.0 Å². The molecule has 12 nitrogen and oxygen atoms in total. The van der Waals surface area contributed by atoms with Crippen LogP contribution in [0.5, 0.6) is 5.75 Å². The Morgan fingerprint density at radius 1 is 1.13 bits per heavy atom. The summed E-state index contributed by atoms with van der Waals surface area (Å²) in [7, 11) is 0. The zero-order valence-electron chi connectivity index (χ0n) is 23.5. The number of pyridine rings is 1. The average molecular weight is 648 g/mol. The van der Waals surface area contributed by atoms with Crippen LogP contribution in [0.25, 0.3) is 0 Å². The molecular formula is C26H28F7N9O3. The van der Waals surface area contributed by atoms with E-state index in [0.717, 1.165) is 41.5 Å². The van der Waals surface area contributed by atoms with E-state index in [1.165, 1.54) is 16.9 Å². The number of carbonyl (C=O) groups excluding carboxylic acids is 2. The summed E-state index contributed by atoms with van der Waals surface area (Å²) >= 11 is 0. The molecular weight excluding hydrogens is 619 g/mol. The molecule has 2 heterocycles. The zero-order chi connectivity index (χ0) is 33.4. The highest BCUT2D eigenvalue weighted by molar-refractivity contribution is 5.92. The highest BCUT2D eigenvalue weighted by Crippen LogP contribution is 2.27. The van der Waals surface area contributed by atoms with Crippen molar-refractivity contribution in [2.75, 3.05) is 6.54 Å². The first-order valence-electron chi connectivity index (χ1n) is 13.0. The number of nitrogens with two attached hydrogens (primary N) is 2. The Hall–Kier alpha value is -4.94. The lowest BCUT2D eigenvalue weighted by atomic mass is 10.2. The number of aryl methyl sites for hydroxylation is 1. The van der Waals surface area contributed by atoms with Crippen molar-refractivity contribution in [2.24, 2.45) is 11.6 Å². The second-order valence-electron chi connectivity index (χ2n) is 9.57. The number of nitrogens with one attached hydrogen (secondary N) is 2. The van der Waals surface area contributed by atoms with E-state index in [9.17, 15) is 40.3 Å². The van der Waals surface area contributed by atoms with Gasteiger partial charge in [0.2, 0.25) is 0 Å². The lowest BCUT2D eigenvalue weighted by Crippen LogP contribution is -2.36. The summed E-state index contributed by atoms with van der Waals surface area (Å²) < 4.78 is 98.6. The standard InChI is InChI=1S/C26H28F7N9O3/c1-25(29,30)45-18-5-6-19(28)15(9-18)10-36-23(43)20(34)13-41(35)12-16(27)7-8-42-14-21(39-40-42)24(44)37-11-17-3-2-4-22(38-17)26(31,32)33/h2-6,9,13-14,16H,7-8,10-12,34-35H2,1H3,(H,36,43)(H,37,44)/b20-13-. The lowest BCUT2D eigenvalue weighted by Gasteiger charge is -2.18. The molecule has 6 N–H and O–H groups in total. The minimum atomic E-state index is -4.64. The molecule has 19 heteroatoms. The molecule has 0 aliphatic heterocycles. The normalized spacial score (nSPS) is 12.9. The number of aromatic nitrogens is 4. The summed E-state index contributed by atoms with van der Waals surface area (Å²) in [6, 6.07) is 6.13. The van der Waals surface area contributed by atoms with Gasteiger partial charge in [-0.3, -0.25) is 14.3 Å². The Labute approximate surface area is 251 Å². The van der Waals surface area contributed by atoms with Crippen LogP contribution in [0.2, 0.25) is 0 Å². The maximum absolute atomic E-state index is 14.5. The van der Waals surface area contributed by atoms with Crippen molar-refractivity contribution in [3.8, 4) is 5.75 Å². The molecule has 1 atom stereocenters. The molecule has 1 unspecified atom stereocenters. The molecule has 0 bridgehead atoms. The van der Waals surface area contributed by atoms with Gasteiger partial charge in [-0.25, -0.2) is 19.6 Å². The number of amides is 2. The van der Waals surface area contributed by atoms with Crippen LogP contribution in [-0.2, 0) is 30.6 Å². The predicted octanol–water partition coefficient (Wildman–Crippen LogP) is 2.77. The fraction of sp³-hybridized carbons (Fsp3) is 0.346. The number of hydrogen-bond donors (Lipinski definition) is 4. The van der Waals surface area contributed by atoms with E-state index in [2.05, 4.69) is 30.7 Å². The Morgan fingerprint density at radius 3 is 2.56 bits per heavy atom. The van der Waals surface area contributed by atoms with Gasteiger partial charge >= 0.3 is 12.3 Å². The minimum absolute atomic E-state index is 0.0276. The molecule has 0 fully saturated rings. The number of alkyl halides is 6. The van der Waals surface area contributed by atoms with Crippen molar-refractivity contribution in [1.29, 1.82) is 0 Å². The number of benzene rings is 1. The van der Waals surface area contributed by atoms with Gasteiger partial charge in [-0.15, -0.1) is 5.10 Å². The van der Waals surface area contributed by atoms with Crippen molar-refractivity contribution in [3.05, 3.63) is 83.0 Å². The van der Waals surface area contributed by atoms with Crippen LogP contribution in [0.15, 0.2) is 54.5 Å². The van der Waals surface area contributed by atoms with Crippen LogP contribution in [0.1, 0.15) is 40.8 Å². The molecule has 2 aromatic heterocycles. The molecule has 0 saturated heterocycles. The molecule has 45 heavy (non-hydrogen) atoms. The number of hydrazine groups is 1. The molecule has 3 rings (SSSR count). The third-order valence-electron chi connectivity index (χ3n) is 5.70. The fourth-order valence-electron chi connectivity index (χ4n) is 3.63. The topological polar surface area (TPSA) is 166 Å². The molecule has 0 aliphatic rings. The summed E-state index contributed by atoms with van der Waals surface area (Å²) in [6.45, 7) is -0.682. The Bertz CT molecular complexity index is 1510. The second kappa shape index (κ2) is 14.7. The second-order valence-corrected chi connectivity index (χ2v) is 9.57. The third kappa shape index (κ3) is 11.2. The van der Waals surface area contributed by atoms with E-state index in [1.807, 2.05) is 0 Å². The van der Waals surface area contributed by atoms with Gasteiger partial charge in [0.15, 0.2) is 5.69 Å². The van der Waals surface area contributed by atoms with Crippen molar-refractivity contribution in [3.63, 3.8) is 0 Å². The van der Waals surface area contributed by atoms with Crippen LogP contribution in [-0.4, -0.2) is 55.6 Å². The quantitative estimate of drug-likeness (QED) is 0.0891. The van der Waals surface area contributed by atoms with Crippen LogP contribution >= 0.6 is 0 Å². The van der Waals surface area contributed by atoms with E-state index >= 15 is 0 Å². The molecule has 2 amide bonds. The van der Waals surface area contributed by atoms with Gasteiger partial charge in [0.25, 0.3) is 11.8 Å². The van der Waals surface area contributed by atoms with E-state index < -0.39 is 60.6 Å². The van der Waals surface area contributed by atoms with Gasteiger partial charge in [0.05, 0.1) is 25.0 Å². The molecule has 244 valence electrons. The summed E-state index contributed by atoms with van der Waals surface area (Å²) in [6.07, 6.45) is -7.71. The van der Waals surface area contributed by atoms with E-state index in [4.69, 9.17) is 11.6 Å². The number of carbonyl (C=O) groups is 2. The lowest BCUT2D eigenvalue weighted by molar-refractivity contribution is -0.159. The van der Waals surface area contributed by atoms with Crippen LogP contribution in [0.3, 0.4) is 0 Å². The monoisotopic (exact) mass is 647 g/mol. The van der Waals surface area contributed by atoms with Gasteiger partial charge in [0.1, 0.15) is 29.1 Å². The summed E-state index contributed by atoms with van der Waals surface area (Å²) in [5.41, 5.74) is 3.76. The third-order valence-corrected chi connectivity index (χ3v) is 5.70. The smallest absolute Gasteiger partial charge is 0.433 e. The Kier molecular flexibility index (Phi) is 11.3. The molecule has 3 aromatic rings. The maximum atomic E-state index is 14.5. The number of rotatable bonds is 14. The van der Waals surface area contributed by atoms with E-state index in [-0.39, 0.29) is 42.2 Å². The van der Waals surface area contributed by atoms with Crippen molar-refractivity contribution in [1.82, 2.24) is 35.6 Å². The van der Waals surface area contributed by atoms with Crippen LogP contribution < -0.4 is 26.9 Å². The first kappa shape index (κ1) is 34.5. The molecule has 0 spiro atoms. The van der Waals surface area contributed by atoms with E-state index in [1.54, 1.807) is 0 Å². The number of hydrogen-bond acceptors (Lipinski definition) is 9. The molecule has 0 aliphatic carbocycles. The number of ether oxygens (including phenoxy) is 1. The minimum Gasteiger partial charge on any atom is -0.433 e. The van der Waals surface area contributed by atoms with Crippen LogP contribution in [0.4, 0.5) is 30.7 Å². The number of halogens is 7. The van der Waals surface area contributed by atoms with Gasteiger partial charge in [-0.1, -0.05) is 11.3 Å². The highest BCUT2D eigenvalue weighted by Gasteiger charge is 2.32. The summed E-state index contributed by atoms with van der Waals surface area (Å²) in [4.78, 5) is 28.0. The summed E-state index contributed by atoms with van der Waals surface area (Å²) in [5.74, 6) is 2.95. The van der Waals surface area contributed by atoms with Crippen molar-refractivity contribution >= 4 is 11.8 Å². The molecule has 0 saturated carbocycles.